The van der Waals surface area contributed by atoms with Gasteiger partial charge >= 0.3 is 0 Å². The monoisotopic (exact) mass is 765 g/mol. The molecule has 0 atom stereocenters. The Kier molecular flexibility index (Phi) is 7.78. The molecular formula is C55H35N5. The molecule has 12 rings (SSSR count). The van der Waals surface area contributed by atoms with E-state index >= 15 is 0 Å². The Bertz CT molecular complexity index is 3560. The SMILES string of the molecule is c1ccc(-c2nc(-c3ccc(-c4ccc(-n5c6ccccc6c6ccc7c(c8ccccc8n7-c7ccccc7)c65)cc4)cc3)nc(-c3cccc4ccccc34)n2)cc1. The summed E-state index contributed by atoms with van der Waals surface area (Å²) in [5, 5.41) is 7.23. The van der Waals surface area contributed by atoms with Gasteiger partial charge in [-0.1, -0.05) is 170 Å². The molecule has 0 aliphatic carbocycles. The normalized spacial score (nSPS) is 11.7. The second-order valence-corrected chi connectivity index (χ2v) is 15.2. The summed E-state index contributed by atoms with van der Waals surface area (Å²) in [7, 11) is 0. The molecular weight excluding hydrogens is 731 g/mol. The molecule has 0 fully saturated rings. The van der Waals surface area contributed by atoms with Crippen LogP contribution in [0.15, 0.2) is 212 Å². The Labute approximate surface area is 346 Å². The van der Waals surface area contributed by atoms with Gasteiger partial charge in [0.2, 0.25) is 0 Å². The summed E-state index contributed by atoms with van der Waals surface area (Å²) in [5.74, 6) is 1.94. The zero-order chi connectivity index (χ0) is 39.6. The van der Waals surface area contributed by atoms with Gasteiger partial charge in [-0.3, -0.25) is 0 Å². The fourth-order valence-corrected chi connectivity index (χ4v) is 9.01. The van der Waals surface area contributed by atoms with E-state index in [1.54, 1.807) is 0 Å². The third-order valence-corrected chi connectivity index (χ3v) is 11.8. The predicted molar refractivity (Wildman–Crippen MR) is 248 cm³/mol. The molecule has 5 heteroatoms. The molecule has 0 unspecified atom stereocenters. The molecule has 9 aromatic carbocycles. The van der Waals surface area contributed by atoms with Gasteiger partial charge in [0, 0.05) is 49.6 Å². The van der Waals surface area contributed by atoms with Crippen LogP contribution in [0.1, 0.15) is 0 Å². The summed E-state index contributed by atoms with van der Waals surface area (Å²) < 4.78 is 4.84. The first-order chi connectivity index (χ1) is 29.8. The van der Waals surface area contributed by atoms with Crippen molar-refractivity contribution in [1.82, 2.24) is 24.1 Å². The second kappa shape index (κ2) is 13.8. The van der Waals surface area contributed by atoms with E-state index in [4.69, 9.17) is 15.0 Å². The van der Waals surface area contributed by atoms with Crippen molar-refractivity contribution < 1.29 is 0 Å². The van der Waals surface area contributed by atoms with Crippen LogP contribution in [-0.4, -0.2) is 24.1 Å². The van der Waals surface area contributed by atoms with E-state index in [0.717, 1.165) is 50.0 Å². The van der Waals surface area contributed by atoms with Crippen molar-refractivity contribution in [3.05, 3.63) is 212 Å². The van der Waals surface area contributed by atoms with Crippen molar-refractivity contribution in [2.24, 2.45) is 0 Å². The molecule has 0 saturated heterocycles. The summed E-state index contributed by atoms with van der Waals surface area (Å²) in [6.45, 7) is 0. The highest BCUT2D eigenvalue weighted by molar-refractivity contribution is 6.26. The lowest BCUT2D eigenvalue weighted by Gasteiger charge is -2.12. The maximum absolute atomic E-state index is 5.07. The molecule has 280 valence electrons. The van der Waals surface area contributed by atoms with Crippen LogP contribution in [0.4, 0.5) is 0 Å². The van der Waals surface area contributed by atoms with E-state index in [2.05, 4.69) is 191 Å². The molecule has 0 N–H and O–H groups in total. The predicted octanol–water partition coefficient (Wildman–Crippen LogP) is 13.9. The fraction of sp³-hybridized carbons (Fsp3) is 0. The Morgan fingerprint density at radius 3 is 1.53 bits per heavy atom. The van der Waals surface area contributed by atoms with Crippen LogP contribution in [0.3, 0.4) is 0 Å². The number of aromatic nitrogens is 5. The largest absolute Gasteiger partial charge is 0.309 e. The second-order valence-electron chi connectivity index (χ2n) is 15.2. The van der Waals surface area contributed by atoms with Crippen LogP contribution >= 0.6 is 0 Å². The molecule has 0 bridgehead atoms. The van der Waals surface area contributed by atoms with Crippen molar-refractivity contribution in [1.29, 1.82) is 0 Å². The van der Waals surface area contributed by atoms with Gasteiger partial charge in [-0.15, -0.1) is 0 Å². The minimum Gasteiger partial charge on any atom is -0.309 e. The molecule has 3 aromatic heterocycles. The number of hydrogen-bond acceptors (Lipinski definition) is 3. The van der Waals surface area contributed by atoms with Gasteiger partial charge in [-0.25, -0.2) is 15.0 Å². The zero-order valence-electron chi connectivity index (χ0n) is 32.4. The van der Waals surface area contributed by atoms with E-state index in [1.165, 1.54) is 43.6 Å². The van der Waals surface area contributed by atoms with Gasteiger partial charge in [0.1, 0.15) is 0 Å². The molecule has 0 amide bonds. The third-order valence-electron chi connectivity index (χ3n) is 11.8. The molecule has 5 nitrogen and oxygen atoms in total. The van der Waals surface area contributed by atoms with Gasteiger partial charge < -0.3 is 9.13 Å². The van der Waals surface area contributed by atoms with Crippen molar-refractivity contribution >= 4 is 54.4 Å². The van der Waals surface area contributed by atoms with Crippen LogP contribution < -0.4 is 0 Å². The van der Waals surface area contributed by atoms with E-state index in [9.17, 15) is 0 Å². The highest BCUT2D eigenvalue weighted by atomic mass is 15.0. The minimum atomic E-state index is 0.639. The van der Waals surface area contributed by atoms with Crippen molar-refractivity contribution in [2.75, 3.05) is 0 Å². The van der Waals surface area contributed by atoms with Crippen molar-refractivity contribution in [3.8, 4) is 56.7 Å². The van der Waals surface area contributed by atoms with Crippen molar-refractivity contribution in [2.45, 2.75) is 0 Å². The summed E-state index contributed by atoms with van der Waals surface area (Å²) >= 11 is 0. The first kappa shape index (κ1) is 33.9. The molecule has 0 spiro atoms. The van der Waals surface area contributed by atoms with Gasteiger partial charge in [0.05, 0.1) is 22.1 Å². The zero-order valence-corrected chi connectivity index (χ0v) is 32.4. The molecule has 0 aliphatic rings. The summed E-state index contributed by atoms with van der Waals surface area (Å²) in [5.41, 5.74) is 12.2. The maximum Gasteiger partial charge on any atom is 0.164 e. The number of rotatable bonds is 6. The topological polar surface area (TPSA) is 48.5 Å². The van der Waals surface area contributed by atoms with Crippen LogP contribution in [0.5, 0.6) is 0 Å². The van der Waals surface area contributed by atoms with Crippen LogP contribution in [0, 0.1) is 0 Å². The summed E-state index contributed by atoms with van der Waals surface area (Å²) in [4.78, 5) is 15.1. The minimum absolute atomic E-state index is 0.639. The molecule has 0 aliphatic heterocycles. The number of benzene rings is 9. The maximum atomic E-state index is 5.07. The lowest BCUT2D eigenvalue weighted by atomic mass is 10.0. The van der Waals surface area contributed by atoms with Gasteiger partial charge in [0.25, 0.3) is 0 Å². The third kappa shape index (κ3) is 5.44. The lowest BCUT2D eigenvalue weighted by Crippen LogP contribution is -2.00. The van der Waals surface area contributed by atoms with Crippen LogP contribution in [0.2, 0.25) is 0 Å². The number of hydrogen-bond donors (Lipinski definition) is 0. The lowest BCUT2D eigenvalue weighted by molar-refractivity contribution is 1.08. The number of nitrogens with zero attached hydrogens (tertiary/aromatic N) is 5. The highest BCUT2D eigenvalue weighted by Gasteiger charge is 2.21. The molecule has 0 saturated carbocycles. The van der Waals surface area contributed by atoms with E-state index in [-0.39, 0.29) is 0 Å². The molecule has 3 heterocycles. The van der Waals surface area contributed by atoms with Gasteiger partial charge in [-0.05, 0) is 64.4 Å². The first-order valence-electron chi connectivity index (χ1n) is 20.3. The number of para-hydroxylation sites is 3. The average molecular weight is 766 g/mol. The Balaban J connectivity index is 0.959. The van der Waals surface area contributed by atoms with E-state index < -0.39 is 0 Å². The molecule has 12 aromatic rings. The molecule has 0 radical (unpaired) electrons. The van der Waals surface area contributed by atoms with E-state index in [1.807, 2.05) is 30.3 Å². The smallest absolute Gasteiger partial charge is 0.164 e. The average Bonchev–Trinajstić information content (AvgIpc) is 3.85. The summed E-state index contributed by atoms with van der Waals surface area (Å²) in [6.07, 6.45) is 0. The van der Waals surface area contributed by atoms with Gasteiger partial charge in [-0.2, -0.15) is 0 Å². The Morgan fingerprint density at radius 2 is 0.800 bits per heavy atom. The number of fused-ring (bicyclic) bond motifs is 8. The van der Waals surface area contributed by atoms with Gasteiger partial charge in [0.15, 0.2) is 17.5 Å². The Hall–Kier alpha value is -8.15. The highest BCUT2D eigenvalue weighted by Crippen LogP contribution is 2.42. The fourth-order valence-electron chi connectivity index (χ4n) is 9.01. The van der Waals surface area contributed by atoms with Crippen LogP contribution in [0.25, 0.3) is 111 Å². The summed E-state index contributed by atoms with van der Waals surface area (Å²) in [6, 6.07) is 75.1. The van der Waals surface area contributed by atoms with Crippen molar-refractivity contribution in [3.63, 3.8) is 0 Å². The Morgan fingerprint density at radius 1 is 0.283 bits per heavy atom. The van der Waals surface area contributed by atoms with E-state index in [0.29, 0.717) is 17.5 Å². The first-order valence-corrected chi connectivity index (χ1v) is 20.3. The standard InChI is InChI=1S/C55H35N5/c1-3-15-39(16-4-1)53-56-54(58-55(57-53)46-23-13-17-38-14-7-8-20-43(38)46)40-28-26-36(27-29-40)37-30-32-42(33-31-37)60-48-24-11-9-21-44(48)45-34-35-50-51(52(45)60)47-22-10-12-25-49(47)59(50)41-18-5-2-6-19-41/h1-35H. The van der Waals surface area contributed by atoms with Crippen LogP contribution in [-0.2, 0) is 0 Å². The molecule has 60 heavy (non-hydrogen) atoms. The quantitative estimate of drug-likeness (QED) is 0.169.